The number of nitrogens with zero attached hydrogens (tertiary/aromatic N) is 2. The van der Waals surface area contributed by atoms with Crippen molar-refractivity contribution in [2.75, 3.05) is 6.61 Å². The lowest BCUT2D eigenvalue weighted by Gasteiger charge is -2.18. The van der Waals surface area contributed by atoms with Crippen LogP contribution in [0.1, 0.15) is 57.4 Å². The van der Waals surface area contributed by atoms with Crippen molar-refractivity contribution in [2.24, 2.45) is 0 Å². The van der Waals surface area contributed by atoms with Crippen LogP contribution in [-0.2, 0) is 6.54 Å². The van der Waals surface area contributed by atoms with E-state index in [9.17, 15) is 0 Å². The molecule has 1 aromatic heterocycles. The molecule has 1 atom stereocenters. The van der Waals surface area contributed by atoms with Gasteiger partial charge < -0.3 is 19.3 Å². The SMILES string of the molecule is CCOc1cc(CN[C@@H](CC)c2nc(C)no2)c(Cl)cc1OC(C)C. The summed E-state index contributed by atoms with van der Waals surface area (Å²) in [7, 11) is 0. The zero-order chi connectivity index (χ0) is 18.4. The third-order valence-corrected chi connectivity index (χ3v) is 3.92. The number of nitrogens with one attached hydrogen (secondary N) is 1. The Labute approximate surface area is 153 Å². The molecule has 6 nitrogen and oxygen atoms in total. The average molecular weight is 368 g/mol. The van der Waals surface area contributed by atoms with E-state index in [2.05, 4.69) is 22.4 Å². The first-order valence-corrected chi connectivity index (χ1v) is 8.97. The van der Waals surface area contributed by atoms with Crippen LogP contribution in [-0.4, -0.2) is 22.9 Å². The molecule has 0 aliphatic heterocycles. The summed E-state index contributed by atoms with van der Waals surface area (Å²) < 4.78 is 16.8. The normalized spacial score (nSPS) is 12.4. The molecule has 2 aromatic rings. The summed E-state index contributed by atoms with van der Waals surface area (Å²) in [4.78, 5) is 4.29. The summed E-state index contributed by atoms with van der Waals surface area (Å²) in [6.07, 6.45) is 0.871. The van der Waals surface area contributed by atoms with Crippen molar-refractivity contribution in [2.45, 2.75) is 59.7 Å². The van der Waals surface area contributed by atoms with Crippen LogP contribution in [0.3, 0.4) is 0 Å². The van der Waals surface area contributed by atoms with Crippen molar-refractivity contribution >= 4 is 11.6 Å². The summed E-state index contributed by atoms with van der Waals surface area (Å²) in [5.41, 5.74) is 0.927. The number of hydrogen-bond donors (Lipinski definition) is 1. The van der Waals surface area contributed by atoms with Crippen molar-refractivity contribution in [3.05, 3.63) is 34.4 Å². The van der Waals surface area contributed by atoms with Gasteiger partial charge in [-0.15, -0.1) is 0 Å². The number of benzene rings is 1. The first kappa shape index (κ1) is 19.5. The van der Waals surface area contributed by atoms with Gasteiger partial charge in [0.1, 0.15) is 0 Å². The molecule has 0 bridgehead atoms. The van der Waals surface area contributed by atoms with E-state index in [1.807, 2.05) is 26.8 Å². The molecule has 0 amide bonds. The van der Waals surface area contributed by atoms with Gasteiger partial charge in [0.25, 0.3) is 0 Å². The van der Waals surface area contributed by atoms with Crippen LogP contribution in [0.15, 0.2) is 16.7 Å². The van der Waals surface area contributed by atoms with Gasteiger partial charge in [-0.2, -0.15) is 4.98 Å². The molecule has 0 aliphatic rings. The number of ether oxygens (including phenoxy) is 2. The molecule has 1 aromatic carbocycles. The zero-order valence-corrected chi connectivity index (χ0v) is 16.2. The third kappa shape index (κ3) is 5.34. The lowest BCUT2D eigenvalue weighted by molar-refractivity contribution is 0.223. The molecule has 0 saturated heterocycles. The molecule has 7 heteroatoms. The molecule has 25 heavy (non-hydrogen) atoms. The highest BCUT2D eigenvalue weighted by molar-refractivity contribution is 6.31. The van der Waals surface area contributed by atoms with Gasteiger partial charge in [0.2, 0.25) is 5.89 Å². The Hall–Kier alpha value is -1.79. The first-order valence-electron chi connectivity index (χ1n) is 8.60. The highest BCUT2D eigenvalue weighted by atomic mass is 35.5. The highest BCUT2D eigenvalue weighted by Crippen LogP contribution is 2.34. The minimum Gasteiger partial charge on any atom is -0.490 e. The number of aryl methyl sites for hydroxylation is 1. The van der Waals surface area contributed by atoms with E-state index in [0.29, 0.717) is 41.4 Å². The second-order valence-corrected chi connectivity index (χ2v) is 6.42. The molecule has 2 rings (SSSR count). The summed E-state index contributed by atoms with van der Waals surface area (Å²) in [6, 6.07) is 3.70. The lowest BCUT2D eigenvalue weighted by atomic mass is 10.1. The fourth-order valence-electron chi connectivity index (χ4n) is 2.42. The Balaban J connectivity index is 2.16. The Morgan fingerprint density at radius 2 is 2.00 bits per heavy atom. The van der Waals surface area contributed by atoms with E-state index in [1.54, 1.807) is 13.0 Å². The van der Waals surface area contributed by atoms with Crippen molar-refractivity contribution < 1.29 is 14.0 Å². The van der Waals surface area contributed by atoms with Crippen molar-refractivity contribution in [3.8, 4) is 11.5 Å². The molecule has 0 spiro atoms. The van der Waals surface area contributed by atoms with Crippen LogP contribution in [0, 0.1) is 6.92 Å². The molecule has 1 heterocycles. The van der Waals surface area contributed by atoms with E-state index in [1.165, 1.54) is 0 Å². The molecule has 138 valence electrons. The Kier molecular flexibility index (Phi) is 7.08. The maximum atomic E-state index is 6.43. The van der Waals surface area contributed by atoms with Crippen LogP contribution >= 0.6 is 11.6 Å². The van der Waals surface area contributed by atoms with Crippen LogP contribution in [0.4, 0.5) is 0 Å². The molecule has 0 saturated carbocycles. The summed E-state index contributed by atoms with van der Waals surface area (Å²) in [5.74, 6) is 2.56. The van der Waals surface area contributed by atoms with E-state index >= 15 is 0 Å². The smallest absolute Gasteiger partial charge is 0.243 e. The van der Waals surface area contributed by atoms with E-state index in [4.69, 9.17) is 25.6 Å². The zero-order valence-electron chi connectivity index (χ0n) is 15.4. The first-order chi connectivity index (χ1) is 11.9. The fraction of sp³-hybridized carbons (Fsp3) is 0.556. The lowest BCUT2D eigenvalue weighted by Crippen LogP contribution is -2.21. The molecule has 1 N–H and O–H groups in total. The standard InChI is InChI=1S/C18H26ClN3O3/c1-6-15(18-21-12(5)22-25-18)20-10-13-8-16(23-7-2)17(9-14(13)19)24-11(3)4/h8-9,11,15,20H,6-7,10H2,1-5H3/t15-/m0/s1. The molecule has 0 radical (unpaired) electrons. The largest absolute Gasteiger partial charge is 0.490 e. The Morgan fingerprint density at radius 3 is 2.56 bits per heavy atom. The van der Waals surface area contributed by atoms with Gasteiger partial charge in [0.05, 0.1) is 18.8 Å². The van der Waals surface area contributed by atoms with Gasteiger partial charge >= 0.3 is 0 Å². The predicted molar refractivity (Wildman–Crippen MR) is 97.3 cm³/mol. The molecule has 0 fully saturated rings. The van der Waals surface area contributed by atoms with Crippen LogP contribution < -0.4 is 14.8 Å². The minimum atomic E-state index is -0.0283. The van der Waals surface area contributed by atoms with Crippen molar-refractivity contribution in [3.63, 3.8) is 0 Å². The van der Waals surface area contributed by atoms with E-state index in [0.717, 1.165) is 12.0 Å². The maximum Gasteiger partial charge on any atom is 0.243 e. The van der Waals surface area contributed by atoms with Gasteiger partial charge in [-0.25, -0.2) is 0 Å². The molecular formula is C18H26ClN3O3. The second kappa shape index (κ2) is 9.06. The minimum absolute atomic E-state index is 0.0283. The summed E-state index contributed by atoms with van der Waals surface area (Å²) in [6.45, 7) is 10.9. The fourth-order valence-corrected chi connectivity index (χ4v) is 2.64. The van der Waals surface area contributed by atoms with E-state index in [-0.39, 0.29) is 12.1 Å². The molecular weight excluding hydrogens is 342 g/mol. The van der Waals surface area contributed by atoms with Gasteiger partial charge in [-0.05, 0) is 45.7 Å². The Morgan fingerprint density at radius 1 is 1.24 bits per heavy atom. The van der Waals surface area contributed by atoms with Crippen molar-refractivity contribution in [1.29, 1.82) is 0 Å². The van der Waals surface area contributed by atoms with Crippen LogP contribution in [0.25, 0.3) is 0 Å². The van der Waals surface area contributed by atoms with Gasteiger partial charge in [0, 0.05) is 17.6 Å². The van der Waals surface area contributed by atoms with Crippen molar-refractivity contribution in [1.82, 2.24) is 15.5 Å². The highest BCUT2D eigenvalue weighted by Gasteiger charge is 2.18. The number of rotatable bonds is 9. The topological polar surface area (TPSA) is 69.4 Å². The number of halogens is 1. The molecule has 0 unspecified atom stereocenters. The predicted octanol–water partition coefficient (Wildman–Crippen LogP) is 4.46. The molecule has 0 aliphatic carbocycles. The Bertz CT molecular complexity index is 688. The van der Waals surface area contributed by atoms with Crippen LogP contribution in [0.5, 0.6) is 11.5 Å². The second-order valence-electron chi connectivity index (χ2n) is 6.01. The van der Waals surface area contributed by atoms with Crippen LogP contribution in [0.2, 0.25) is 5.02 Å². The quantitative estimate of drug-likeness (QED) is 0.705. The van der Waals surface area contributed by atoms with Gasteiger partial charge in [-0.1, -0.05) is 23.7 Å². The van der Waals surface area contributed by atoms with Gasteiger partial charge in [0.15, 0.2) is 17.3 Å². The average Bonchev–Trinajstić information content (AvgIpc) is 2.97. The van der Waals surface area contributed by atoms with Gasteiger partial charge in [-0.3, -0.25) is 0 Å². The number of aromatic nitrogens is 2. The summed E-state index contributed by atoms with van der Waals surface area (Å²) >= 11 is 6.43. The van der Waals surface area contributed by atoms with E-state index < -0.39 is 0 Å². The third-order valence-electron chi connectivity index (χ3n) is 3.56. The number of hydrogen-bond acceptors (Lipinski definition) is 6. The maximum absolute atomic E-state index is 6.43. The summed E-state index contributed by atoms with van der Waals surface area (Å²) in [5, 5.41) is 7.88. The monoisotopic (exact) mass is 367 g/mol.